The highest BCUT2D eigenvalue weighted by Crippen LogP contribution is 2.33. The number of aliphatic hydroxyl groups excluding tert-OH is 2. The topological polar surface area (TPSA) is 125 Å². The number of nitrogens with one attached hydrogen (secondary N) is 2. The number of carbonyl (C=O) groups is 2. The Morgan fingerprint density at radius 1 is 0.821 bits per heavy atom. The van der Waals surface area contributed by atoms with Gasteiger partial charge < -0.3 is 29.7 Å². The summed E-state index contributed by atoms with van der Waals surface area (Å²) in [7, 11) is 0. The summed E-state index contributed by atoms with van der Waals surface area (Å²) in [6.45, 7) is 4.31. The lowest BCUT2D eigenvalue weighted by Crippen LogP contribution is -2.25. The van der Waals surface area contributed by atoms with Crippen molar-refractivity contribution in [1.29, 1.82) is 0 Å². The van der Waals surface area contributed by atoms with Gasteiger partial charge in [0.25, 0.3) is 11.8 Å². The Balaban J connectivity index is 1.93. The molecule has 0 aliphatic rings. The van der Waals surface area contributed by atoms with E-state index < -0.39 is 0 Å². The Labute approximate surface area is 161 Å². The van der Waals surface area contributed by atoms with E-state index in [1.165, 1.54) is 0 Å². The van der Waals surface area contributed by atoms with E-state index in [9.17, 15) is 9.59 Å². The lowest BCUT2D eigenvalue weighted by atomic mass is 10.1. The number of hydrogen-bond donors (Lipinski definition) is 4. The predicted octanol–water partition coefficient (Wildman–Crippen LogP) is 2.02. The quantitative estimate of drug-likeness (QED) is 0.438. The second kappa shape index (κ2) is 8.45. The van der Waals surface area contributed by atoms with Crippen LogP contribution in [0.1, 0.15) is 45.1 Å². The predicted molar refractivity (Wildman–Crippen MR) is 104 cm³/mol. The van der Waals surface area contributed by atoms with Gasteiger partial charge >= 0.3 is 0 Å². The summed E-state index contributed by atoms with van der Waals surface area (Å²) < 4.78 is 11.5. The Bertz CT molecular complexity index is 935. The largest absolute Gasteiger partial charge is 0.451 e. The van der Waals surface area contributed by atoms with Crippen molar-refractivity contribution < 1.29 is 28.6 Å². The standard InChI is InChI=1S/C20H24N2O6/c1-11-13-9-16-14(12(2)18(28-16)20(26)22-6-4-8-24)10-15(13)27-17(11)19(25)21-5-3-7-23/h9-10,23-24H,3-8H2,1-2H3,(H,21,25)(H,22,26). The first-order valence-electron chi connectivity index (χ1n) is 9.22. The van der Waals surface area contributed by atoms with E-state index in [4.69, 9.17) is 19.0 Å². The molecular weight excluding hydrogens is 364 g/mol. The fourth-order valence-electron chi connectivity index (χ4n) is 3.09. The Morgan fingerprint density at radius 3 is 1.57 bits per heavy atom. The second-order valence-corrected chi connectivity index (χ2v) is 6.62. The zero-order chi connectivity index (χ0) is 20.3. The first-order valence-corrected chi connectivity index (χ1v) is 9.22. The van der Waals surface area contributed by atoms with Crippen LogP contribution in [0.25, 0.3) is 21.9 Å². The molecule has 4 N–H and O–H groups in total. The molecule has 28 heavy (non-hydrogen) atoms. The number of hydrogen-bond acceptors (Lipinski definition) is 6. The maximum atomic E-state index is 12.3. The molecule has 0 bridgehead atoms. The highest BCUT2D eigenvalue weighted by molar-refractivity contribution is 6.05. The normalized spacial score (nSPS) is 11.3. The number of furan rings is 2. The molecule has 8 heteroatoms. The number of carbonyl (C=O) groups excluding carboxylic acids is 2. The second-order valence-electron chi connectivity index (χ2n) is 6.62. The average molecular weight is 388 g/mol. The highest BCUT2D eigenvalue weighted by atomic mass is 16.4. The van der Waals surface area contributed by atoms with Crippen LogP contribution in [0, 0.1) is 13.8 Å². The fourth-order valence-corrected chi connectivity index (χ4v) is 3.09. The molecule has 0 aliphatic carbocycles. The monoisotopic (exact) mass is 388 g/mol. The highest BCUT2D eigenvalue weighted by Gasteiger charge is 2.22. The molecule has 0 unspecified atom stereocenters. The molecule has 0 aliphatic heterocycles. The Morgan fingerprint density at radius 2 is 1.21 bits per heavy atom. The van der Waals surface area contributed by atoms with Crippen molar-refractivity contribution in [1.82, 2.24) is 10.6 Å². The van der Waals surface area contributed by atoms with Crippen LogP contribution in [0.3, 0.4) is 0 Å². The van der Waals surface area contributed by atoms with Crippen molar-refractivity contribution in [3.63, 3.8) is 0 Å². The Kier molecular flexibility index (Phi) is 6.01. The number of fused-ring (bicyclic) bond motifs is 2. The van der Waals surface area contributed by atoms with Crippen molar-refractivity contribution in [3.8, 4) is 0 Å². The molecule has 2 heterocycles. The van der Waals surface area contributed by atoms with Gasteiger partial charge in [-0.2, -0.15) is 0 Å². The molecule has 150 valence electrons. The van der Waals surface area contributed by atoms with Gasteiger partial charge in [0.15, 0.2) is 11.5 Å². The van der Waals surface area contributed by atoms with E-state index >= 15 is 0 Å². The van der Waals surface area contributed by atoms with Crippen LogP contribution in [-0.2, 0) is 0 Å². The lowest BCUT2D eigenvalue weighted by molar-refractivity contribution is 0.0917. The molecule has 3 aromatic rings. The third-order valence-corrected chi connectivity index (χ3v) is 4.65. The molecule has 0 atom stereocenters. The van der Waals surface area contributed by atoms with Gasteiger partial charge in [-0.25, -0.2) is 0 Å². The summed E-state index contributed by atoms with van der Waals surface area (Å²) in [5.41, 5.74) is 2.43. The third-order valence-electron chi connectivity index (χ3n) is 4.65. The molecule has 8 nitrogen and oxygen atoms in total. The summed E-state index contributed by atoms with van der Waals surface area (Å²) in [5.74, 6) is -0.223. The van der Waals surface area contributed by atoms with Gasteiger partial charge in [0.1, 0.15) is 11.2 Å². The SMILES string of the molecule is Cc1c(C(=O)NCCCO)oc2cc3c(C)c(C(=O)NCCCO)oc3cc12. The summed E-state index contributed by atoms with van der Waals surface area (Å²) in [5, 5.41) is 24.5. The van der Waals surface area contributed by atoms with Crippen molar-refractivity contribution in [2.75, 3.05) is 26.3 Å². The number of benzene rings is 1. The number of aryl methyl sites for hydroxylation is 2. The zero-order valence-electron chi connectivity index (χ0n) is 15.9. The van der Waals surface area contributed by atoms with Crippen LogP contribution in [0.4, 0.5) is 0 Å². The van der Waals surface area contributed by atoms with Gasteiger partial charge in [0, 0.05) is 48.2 Å². The van der Waals surface area contributed by atoms with E-state index in [-0.39, 0.29) is 36.5 Å². The van der Waals surface area contributed by atoms with Gasteiger partial charge in [-0.3, -0.25) is 9.59 Å². The fraction of sp³-hybridized carbons (Fsp3) is 0.400. The summed E-state index contributed by atoms with van der Waals surface area (Å²) in [6.07, 6.45) is 0.945. The first kappa shape index (κ1) is 19.9. The van der Waals surface area contributed by atoms with Crippen molar-refractivity contribution in [2.45, 2.75) is 26.7 Å². The molecule has 0 radical (unpaired) electrons. The first-order chi connectivity index (χ1) is 13.5. The lowest BCUT2D eigenvalue weighted by Gasteiger charge is -2.01. The van der Waals surface area contributed by atoms with Gasteiger partial charge in [-0.15, -0.1) is 0 Å². The van der Waals surface area contributed by atoms with Gasteiger partial charge in [-0.05, 0) is 38.8 Å². The molecular formula is C20H24N2O6. The van der Waals surface area contributed by atoms with Crippen molar-refractivity contribution >= 4 is 33.8 Å². The van der Waals surface area contributed by atoms with Crippen LogP contribution in [-0.4, -0.2) is 48.3 Å². The third kappa shape index (κ3) is 3.74. The smallest absolute Gasteiger partial charge is 0.287 e. The maximum Gasteiger partial charge on any atom is 0.287 e. The van der Waals surface area contributed by atoms with Gasteiger partial charge in [0.05, 0.1) is 0 Å². The molecule has 0 fully saturated rings. The van der Waals surface area contributed by atoms with Crippen molar-refractivity contribution in [2.24, 2.45) is 0 Å². The van der Waals surface area contributed by atoms with Crippen LogP contribution in [0.15, 0.2) is 21.0 Å². The van der Waals surface area contributed by atoms with Crippen molar-refractivity contribution in [3.05, 3.63) is 34.8 Å². The summed E-state index contributed by atoms with van der Waals surface area (Å²) in [4.78, 5) is 24.6. The average Bonchev–Trinajstić information content (AvgIpc) is 3.18. The minimum absolute atomic E-state index is 0.00493. The van der Waals surface area contributed by atoms with Crippen LogP contribution in [0.2, 0.25) is 0 Å². The van der Waals surface area contributed by atoms with Gasteiger partial charge in [-0.1, -0.05) is 0 Å². The number of rotatable bonds is 8. The van der Waals surface area contributed by atoms with E-state index in [0.29, 0.717) is 48.2 Å². The van der Waals surface area contributed by atoms with E-state index in [2.05, 4.69) is 10.6 Å². The molecule has 2 amide bonds. The number of amides is 2. The molecule has 0 saturated carbocycles. The van der Waals surface area contributed by atoms with Gasteiger partial charge in [0.2, 0.25) is 0 Å². The minimum atomic E-state index is -0.334. The Hall–Kier alpha value is -2.84. The molecule has 3 rings (SSSR count). The number of aliphatic hydroxyl groups is 2. The molecule has 1 aromatic carbocycles. The van der Waals surface area contributed by atoms with Crippen LogP contribution in [0.5, 0.6) is 0 Å². The summed E-state index contributed by atoms with van der Waals surface area (Å²) >= 11 is 0. The maximum absolute atomic E-state index is 12.3. The van der Waals surface area contributed by atoms with E-state index in [0.717, 1.165) is 10.8 Å². The zero-order valence-corrected chi connectivity index (χ0v) is 15.9. The van der Waals surface area contributed by atoms with E-state index in [1.807, 2.05) is 0 Å². The van der Waals surface area contributed by atoms with Crippen LogP contribution < -0.4 is 10.6 Å². The van der Waals surface area contributed by atoms with E-state index in [1.54, 1.807) is 26.0 Å². The molecule has 0 saturated heterocycles. The van der Waals surface area contributed by atoms with Crippen LogP contribution >= 0.6 is 0 Å². The summed E-state index contributed by atoms with van der Waals surface area (Å²) in [6, 6.07) is 3.54. The molecule has 2 aromatic heterocycles. The minimum Gasteiger partial charge on any atom is -0.451 e. The molecule has 0 spiro atoms.